The standard InChI is InChI=1S/C20H17N3O7/c1-21(10-13-6-3-2-4-7-13)16(24)12-30-17(25)11-22-19(26)14-8-5-9-15(23(28)29)18(14)20(22)27/h2-9H,10-12H2,1H3. The molecule has 3 amide bonds. The number of likely N-dealkylation sites (N-methyl/N-ethyl adjacent to an activating group) is 1. The van der Waals surface area contributed by atoms with Gasteiger partial charge >= 0.3 is 5.97 Å². The van der Waals surface area contributed by atoms with Crippen LogP contribution < -0.4 is 0 Å². The normalized spacial score (nSPS) is 12.5. The monoisotopic (exact) mass is 411 g/mol. The fraction of sp³-hybridized carbons (Fsp3) is 0.200. The van der Waals surface area contributed by atoms with Crippen LogP contribution in [0, 0.1) is 10.1 Å². The first-order valence-corrected chi connectivity index (χ1v) is 8.86. The lowest BCUT2D eigenvalue weighted by Crippen LogP contribution is -2.37. The van der Waals surface area contributed by atoms with E-state index in [9.17, 15) is 29.3 Å². The number of nitrogens with zero attached hydrogens (tertiary/aromatic N) is 3. The number of benzene rings is 2. The predicted molar refractivity (Wildman–Crippen MR) is 102 cm³/mol. The van der Waals surface area contributed by atoms with E-state index in [1.165, 1.54) is 17.0 Å². The Labute approximate surface area is 170 Å². The summed E-state index contributed by atoms with van der Waals surface area (Å²) in [5.74, 6) is -3.23. The molecule has 1 heterocycles. The predicted octanol–water partition coefficient (Wildman–Crippen LogP) is 1.39. The summed E-state index contributed by atoms with van der Waals surface area (Å²) in [4.78, 5) is 61.3. The van der Waals surface area contributed by atoms with Crippen LogP contribution in [-0.2, 0) is 20.9 Å². The lowest BCUT2D eigenvalue weighted by Gasteiger charge is -2.18. The van der Waals surface area contributed by atoms with Crippen molar-refractivity contribution in [2.75, 3.05) is 20.2 Å². The highest BCUT2D eigenvalue weighted by molar-refractivity contribution is 6.24. The summed E-state index contributed by atoms with van der Waals surface area (Å²) in [6.07, 6.45) is 0. The zero-order valence-corrected chi connectivity index (χ0v) is 15.9. The van der Waals surface area contributed by atoms with Crippen LogP contribution >= 0.6 is 0 Å². The number of esters is 1. The SMILES string of the molecule is CN(Cc1ccccc1)C(=O)COC(=O)CN1C(=O)c2cccc([N+](=O)[O-])c2C1=O. The van der Waals surface area contributed by atoms with Crippen LogP contribution in [-0.4, -0.2) is 58.6 Å². The van der Waals surface area contributed by atoms with Gasteiger partial charge in [0, 0.05) is 19.7 Å². The molecular weight excluding hydrogens is 394 g/mol. The number of ether oxygens (including phenoxy) is 1. The summed E-state index contributed by atoms with van der Waals surface area (Å²) < 4.78 is 4.89. The molecule has 0 atom stereocenters. The van der Waals surface area contributed by atoms with Gasteiger partial charge in [0.05, 0.1) is 10.5 Å². The Hall–Kier alpha value is -4.08. The van der Waals surface area contributed by atoms with E-state index in [0.717, 1.165) is 11.6 Å². The molecule has 0 bridgehead atoms. The fourth-order valence-electron chi connectivity index (χ4n) is 2.98. The fourth-order valence-corrected chi connectivity index (χ4v) is 2.98. The van der Waals surface area contributed by atoms with Gasteiger partial charge in [0.2, 0.25) is 0 Å². The maximum atomic E-state index is 12.4. The second-order valence-corrected chi connectivity index (χ2v) is 6.55. The van der Waals surface area contributed by atoms with Gasteiger partial charge in [-0.2, -0.15) is 0 Å². The highest BCUT2D eigenvalue weighted by atomic mass is 16.6. The number of imide groups is 1. The highest BCUT2D eigenvalue weighted by Crippen LogP contribution is 2.30. The van der Waals surface area contributed by atoms with Crippen molar-refractivity contribution < 1.29 is 28.8 Å². The van der Waals surface area contributed by atoms with Gasteiger partial charge < -0.3 is 9.64 Å². The molecule has 30 heavy (non-hydrogen) atoms. The molecule has 3 rings (SSSR count). The quantitative estimate of drug-likeness (QED) is 0.292. The van der Waals surface area contributed by atoms with Crippen molar-refractivity contribution in [2.45, 2.75) is 6.54 Å². The van der Waals surface area contributed by atoms with Crippen LogP contribution in [0.5, 0.6) is 0 Å². The lowest BCUT2D eigenvalue weighted by molar-refractivity contribution is -0.385. The summed E-state index contributed by atoms with van der Waals surface area (Å²) in [5, 5.41) is 11.1. The van der Waals surface area contributed by atoms with Gasteiger partial charge in [-0.05, 0) is 11.6 Å². The Kier molecular flexibility index (Phi) is 5.86. The lowest BCUT2D eigenvalue weighted by atomic mass is 10.1. The van der Waals surface area contributed by atoms with Crippen molar-refractivity contribution in [2.24, 2.45) is 0 Å². The second kappa shape index (κ2) is 8.52. The van der Waals surface area contributed by atoms with E-state index in [1.807, 2.05) is 30.3 Å². The van der Waals surface area contributed by atoms with Crippen molar-refractivity contribution >= 4 is 29.4 Å². The molecule has 0 N–H and O–H groups in total. The molecule has 0 radical (unpaired) electrons. The second-order valence-electron chi connectivity index (χ2n) is 6.55. The number of hydrogen-bond acceptors (Lipinski definition) is 7. The zero-order valence-electron chi connectivity index (χ0n) is 15.9. The van der Waals surface area contributed by atoms with Gasteiger partial charge in [0.25, 0.3) is 23.4 Å². The summed E-state index contributed by atoms with van der Waals surface area (Å²) in [6, 6.07) is 12.9. The van der Waals surface area contributed by atoms with E-state index in [4.69, 9.17) is 4.74 Å². The molecule has 10 nitrogen and oxygen atoms in total. The van der Waals surface area contributed by atoms with Gasteiger partial charge in [0.1, 0.15) is 12.1 Å². The third-order valence-corrected chi connectivity index (χ3v) is 4.51. The zero-order chi connectivity index (χ0) is 21.8. The topological polar surface area (TPSA) is 127 Å². The Morgan fingerprint density at radius 3 is 2.43 bits per heavy atom. The van der Waals surface area contributed by atoms with Crippen LogP contribution in [0.15, 0.2) is 48.5 Å². The van der Waals surface area contributed by atoms with E-state index in [1.54, 1.807) is 7.05 Å². The molecule has 0 unspecified atom stereocenters. The van der Waals surface area contributed by atoms with Crippen LogP contribution in [0.4, 0.5) is 5.69 Å². The number of nitro benzene ring substituents is 1. The van der Waals surface area contributed by atoms with Crippen molar-refractivity contribution in [3.05, 3.63) is 75.3 Å². The molecule has 10 heteroatoms. The van der Waals surface area contributed by atoms with Gasteiger partial charge in [-0.1, -0.05) is 36.4 Å². The average Bonchev–Trinajstić information content (AvgIpc) is 2.97. The van der Waals surface area contributed by atoms with Crippen LogP contribution in [0.1, 0.15) is 26.3 Å². The third kappa shape index (κ3) is 4.17. The van der Waals surface area contributed by atoms with Gasteiger partial charge in [-0.15, -0.1) is 0 Å². The minimum absolute atomic E-state index is 0.152. The molecule has 0 saturated heterocycles. The van der Waals surface area contributed by atoms with Crippen LogP contribution in [0.2, 0.25) is 0 Å². The first kappa shape index (κ1) is 20.6. The van der Waals surface area contributed by atoms with Gasteiger partial charge in [-0.3, -0.25) is 34.2 Å². The number of rotatable bonds is 7. The smallest absolute Gasteiger partial charge is 0.326 e. The Morgan fingerprint density at radius 1 is 1.07 bits per heavy atom. The minimum atomic E-state index is -0.978. The Balaban J connectivity index is 1.58. The molecule has 2 aromatic rings. The summed E-state index contributed by atoms with van der Waals surface area (Å²) >= 11 is 0. The maximum Gasteiger partial charge on any atom is 0.326 e. The van der Waals surface area contributed by atoms with Gasteiger partial charge in [0.15, 0.2) is 6.61 Å². The van der Waals surface area contributed by atoms with E-state index < -0.39 is 47.5 Å². The number of fused-ring (bicyclic) bond motifs is 1. The van der Waals surface area contributed by atoms with Crippen LogP contribution in [0.25, 0.3) is 0 Å². The minimum Gasteiger partial charge on any atom is -0.454 e. The summed E-state index contributed by atoms with van der Waals surface area (Å²) in [7, 11) is 1.55. The van der Waals surface area contributed by atoms with Crippen molar-refractivity contribution in [1.82, 2.24) is 9.80 Å². The molecule has 0 saturated carbocycles. The number of amides is 3. The molecule has 0 aromatic heterocycles. The molecule has 1 aliphatic rings. The van der Waals surface area contributed by atoms with E-state index >= 15 is 0 Å². The average molecular weight is 411 g/mol. The first-order chi connectivity index (χ1) is 14.3. The van der Waals surface area contributed by atoms with E-state index in [-0.39, 0.29) is 11.1 Å². The highest BCUT2D eigenvalue weighted by Gasteiger charge is 2.42. The van der Waals surface area contributed by atoms with Crippen molar-refractivity contribution in [3.63, 3.8) is 0 Å². The molecule has 2 aromatic carbocycles. The number of nitro groups is 1. The molecule has 1 aliphatic heterocycles. The summed E-state index contributed by atoms with van der Waals surface area (Å²) in [6.45, 7) is -0.996. The Morgan fingerprint density at radius 2 is 1.77 bits per heavy atom. The molecule has 0 spiro atoms. The maximum absolute atomic E-state index is 12.4. The molecule has 154 valence electrons. The van der Waals surface area contributed by atoms with E-state index in [2.05, 4.69) is 0 Å². The third-order valence-electron chi connectivity index (χ3n) is 4.51. The Bertz CT molecular complexity index is 1040. The van der Waals surface area contributed by atoms with E-state index in [0.29, 0.717) is 11.4 Å². The first-order valence-electron chi connectivity index (χ1n) is 8.86. The largest absolute Gasteiger partial charge is 0.454 e. The van der Waals surface area contributed by atoms with Crippen LogP contribution in [0.3, 0.4) is 0 Å². The number of carbonyl (C=O) groups is 4. The number of carbonyl (C=O) groups excluding carboxylic acids is 4. The van der Waals surface area contributed by atoms with Crippen molar-refractivity contribution in [3.8, 4) is 0 Å². The van der Waals surface area contributed by atoms with Gasteiger partial charge in [-0.25, -0.2) is 0 Å². The molecule has 0 aliphatic carbocycles. The summed E-state index contributed by atoms with van der Waals surface area (Å²) in [5.41, 5.74) is -0.133. The molecular formula is C20H17N3O7. The number of hydrogen-bond donors (Lipinski definition) is 0. The molecule has 0 fully saturated rings. The van der Waals surface area contributed by atoms with Crippen molar-refractivity contribution in [1.29, 1.82) is 0 Å².